The van der Waals surface area contributed by atoms with Crippen LogP contribution in [0.2, 0.25) is 5.02 Å². The second-order valence-corrected chi connectivity index (χ2v) is 8.77. The number of nitrogens with zero attached hydrogens (tertiary/aromatic N) is 3. The number of esters is 1. The fourth-order valence-corrected chi connectivity index (χ4v) is 4.43. The number of carbonyl (C=O) groups is 2. The van der Waals surface area contributed by atoms with Gasteiger partial charge in [0, 0.05) is 5.56 Å². The number of hydrazone groups is 1. The highest BCUT2D eigenvalue weighted by Crippen LogP contribution is 2.38. The van der Waals surface area contributed by atoms with Crippen LogP contribution in [0.15, 0.2) is 45.4 Å². The van der Waals surface area contributed by atoms with Gasteiger partial charge in [-0.3, -0.25) is 4.79 Å². The zero-order chi connectivity index (χ0) is 25.5. The number of amides is 1. The van der Waals surface area contributed by atoms with Crippen LogP contribution in [0.25, 0.3) is 17.4 Å². The predicted molar refractivity (Wildman–Crippen MR) is 126 cm³/mol. The Morgan fingerprint density at radius 3 is 2.69 bits per heavy atom. The number of hydrogen-bond donors (Lipinski definition) is 0. The Bertz CT molecular complexity index is 1390. The molecule has 0 fully saturated rings. The molecule has 0 aliphatic carbocycles. The van der Waals surface area contributed by atoms with E-state index in [9.17, 15) is 22.8 Å². The van der Waals surface area contributed by atoms with Crippen molar-refractivity contribution in [2.75, 3.05) is 11.6 Å². The summed E-state index contributed by atoms with van der Waals surface area (Å²) in [5.74, 6) is -0.609. The first-order chi connectivity index (χ1) is 16.5. The maximum Gasteiger partial charge on any atom is 0.417 e. The number of hydrogen-bond acceptors (Lipinski definition) is 7. The summed E-state index contributed by atoms with van der Waals surface area (Å²) in [7, 11) is 0. The molecule has 0 unspecified atom stereocenters. The molecule has 0 saturated carbocycles. The van der Waals surface area contributed by atoms with Crippen LogP contribution in [0, 0.1) is 6.92 Å². The highest BCUT2D eigenvalue weighted by atomic mass is 35.5. The number of benzene rings is 1. The lowest BCUT2D eigenvalue weighted by Gasteiger charge is -2.09. The smallest absolute Gasteiger partial charge is 0.417 e. The molecule has 1 aromatic carbocycles. The molecule has 182 valence electrons. The third-order valence-corrected chi connectivity index (χ3v) is 6.40. The third kappa shape index (κ3) is 4.87. The molecule has 0 saturated heterocycles. The van der Waals surface area contributed by atoms with Crippen molar-refractivity contribution in [3.8, 4) is 11.3 Å². The summed E-state index contributed by atoms with van der Waals surface area (Å²) in [6.07, 6.45) is -3.17. The van der Waals surface area contributed by atoms with Gasteiger partial charge < -0.3 is 9.15 Å². The molecule has 7 nitrogen and oxygen atoms in total. The van der Waals surface area contributed by atoms with Crippen LogP contribution in [0.4, 0.5) is 18.3 Å². The summed E-state index contributed by atoms with van der Waals surface area (Å²) in [4.78, 5) is 29.6. The predicted octanol–water partition coefficient (Wildman–Crippen LogP) is 6.37. The zero-order valence-corrected chi connectivity index (χ0v) is 20.1. The van der Waals surface area contributed by atoms with Crippen molar-refractivity contribution >= 4 is 51.7 Å². The topological polar surface area (TPSA) is 85.0 Å². The van der Waals surface area contributed by atoms with E-state index in [1.165, 1.54) is 24.3 Å². The van der Waals surface area contributed by atoms with Crippen LogP contribution in [0.5, 0.6) is 0 Å². The average molecular weight is 524 g/mol. The van der Waals surface area contributed by atoms with E-state index in [0.717, 1.165) is 28.5 Å². The van der Waals surface area contributed by atoms with Crippen LogP contribution in [-0.2, 0) is 15.7 Å². The number of aromatic nitrogens is 1. The number of alkyl halides is 3. The van der Waals surface area contributed by atoms with Crippen LogP contribution < -0.4 is 5.01 Å². The molecule has 0 radical (unpaired) electrons. The summed E-state index contributed by atoms with van der Waals surface area (Å²) < 4.78 is 50.2. The van der Waals surface area contributed by atoms with E-state index in [1.807, 2.05) is 0 Å². The lowest BCUT2D eigenvalue weighted by molar-refractivity contribution is -0.137. The Hall–Kier alpha value is -3.44. The van der Waals surface area contributed by atoms with Gasteiger partial charge in [-0.05, 0) is 57.2 Å². The number of ether oxygens (including phenoxy) is 1. The van der Waals surface area contributed by atoms with E-state index in [4.69, 9.17) is 20.8 Å². The van der Waals surface area contributed by atoms with Gasteiger partial charge in [0.2, 0.25) is 5.13 Å². The van der Waals surface area contributed by atoms with Gasteiger partial charge in [0.15, 0.2) is 0 Å². The van der Waals surface area contributed by atoms with Crippen molar-refractivity contribution in [2.45, 2.75) is 26.9 Å². The molecule has 12 heteroatoms. The second-order valence-electron chi connectivity index (χ2n) is 7.39. The van der Waals surface area contributed by atoms with Crippen molar-refractivity contribution in [3.63, 3.8) is 0 Å². The molecule has 0 N–H and O–H groups in total. The molecule has 3 heterocycles. The van der Waals surface area contributed by atoms with Crippen molar-refractivity contribution in [1.29, 1.82) is 0 Å². The number of aryl methyl sites for hydroxylation is 1. The summed E-state index contributed by atoms with van der Waals surface area (Å²) >= 11 is 6.67. The minimum atomic E-state index is -4.61. The summed E-state index contributed by atoms with van der Waals surface area (Å²) in [6, 6.07) is 6.48. The SMILES string of the molecule is CCOC(=O)c1sc(N2N=C(C)/C(=C/c3ccc(-c4ccc(Cl)c(C(F)(F)F)c4)o3)C2=O)nc1C. The van der Waals surface area contributed by atoms with Crippen molar-refractivity contribution < 1.29 is 31.9 Å². The maximum absolute atomic E-state index is 13.2. The number of rotatable bonds is 5. The first-order valence-corrected chi connectivity index (χ1v) is 11.4. The largest absolute Gasteiger partial charge is 0.462 e. The molecule has 0 atom stereocenters. The molecule has 1 aliphatic heterocycles. The van der Waals surface area contributed by atoms with E-state index in [2.05, 4.69) is 10.1 Å². The molecular weight excluding hydrogens is 507 g/mol. The van der Waals surface area contributed by atoms with Crippen LogP contribution in [-0.4, -0.2) is 29.2 Å². The summed E-state index contributed by atoms with van der Waals surface area (Å²) in [5.41, 5.74) is 0.214. The van der Waals surface area contributed by atoms with Crippen molar-refractivity contribution in [1.82, 2.24) is 4.98 Å². The van der Waals surface area contributed by atoms with Gasteiger partial charge in [0.25, 0.3) is 5.91 Å². The Kier molecular flexibility index (Phi) is 6.56. The van der Waals surface area contributed by atoms with E-state index in [0.29, 0.717) is 11.4 Å². The average Bonchev–Trinajstić information content (AvgIpc) is 3.48. The molecule has 35 heavy (non-hydrogen) atoms. The first kappa shape index (κ1) is 24.7. The Morgan fingerprint density at radius 1 is 1.26 bits per heavy atom. The fraction of sp³-hybridized carbons (Fsp3) is 0.217. The van der Waals surface area contributed by atoms with Crippen molar-refractivity contribution in [3.05, 3.63) is 62.8 Å². The van der Waals surface area contributed by atoms with E-state index < -0.39 is 28.6 Å². The fourth-order valence-electron chi connectivity index (χ4n) is 3.30. The van der Waals surface area contributed by atoms with Gasteiger partial charge in [0.1, 0.15) is 16.4 Å². The van der Waals surface area contributed by atoms with Gasteiger partial charge in [-0.1, -0.05) is 22.9 Å². The lowest BCUT2D eigenvalue weighted by Crippen LogP contribution is -2.21. The van der Waals surface area contributed by atoms with Gasteiger partial charge in [0.05, 0.1) is 34.2 Å². The van der Waals surface area contributed by atoms with Crippen LogP contribution >= 0.6 is 22.9 Å². The minimum absolute atomic E-state index is 0.172. The number of halogens is 4. The first-order valence-electron chi connectivity index (χ1n) is 10.2. The van der Waals surface area contributed by atoms with Crippen LogP contribution in [0.1, 0.15) is 40.5 Å². The number of carbonyl (C=O) groups excluding carboxylic acids is 2. The molecule has 0 bridgehead atoms. The van der Waals surface area contributed by atoms with Gasteiger partial charge >= 0.3 is 12.1 Å². The number of thiazole rings is 1. The Morgan fingerprint density at radius 2 is 2.00 bits per heavy atom. The normalized spacial score (nSPS) is 15.2. The maximum atomic E-state index is 13.2. The molecular formula is C23H17ClF3N3O4S. The second kappa shape index (κ2) is 9.31. The van der Waals surface area contributed by atoms with Gasteiger partial charge in [-0.2, -0.15) is 23.3 Å². The van der Waals surface area contributed by atoms with E-state index in [1.54, 1.807) is 20.8 Å². The van der Waals surface area contributed by atoms with E-state index in [-0.39, 0.29) is 39.3 Å². The minimum Gasteiger partial charge on any atom is -0.462 e. The van der Waals surface area contributed by atoms with Gasteiger partial charge in [-0.25, -0.2) is 9.78 Å². The Balaban J connectivity index is 1.60. The standard InChI is InChI=1S/C23H17ClF3N3O4S/c1-4-33-21(32)19-12(3)28-22(35-19)30-20(31)15(11(2)29-30)10-14-6-8-18(34-14)13-5-7-17(24)16(9-13)23(25,26)27/h5-10H,4H2,1-3H3/b15-10-. The van der Waals surface area contributed by atoms with E-state index >= 15 is 0 Å². The lowest BCUT2D eigenvalue weighted by atomic mass is 10.1. The molecule has 0 spiro atoms. The molecule has 4 rings (SSSR count). The molecule has 1 amide bonds. The van der Waals surface area contributed by atoms with Gasteiger partial charge in [-0.15, -0.1) is 0 Å². The third-order valence-electron chi connectivity index (χ3n) is 4.96. The number of furan rings is 1. The quantitative estimate of drug-likeness (QED) is 0.287. The molecule has 3 aromatic rings. The monoisotopic (exact) mass is 523 g/mol. The zero-order valence-electron chi connectivity index (χ0n) is 18.6. The van der Waals surface area contributed by atoms with Crippen molar-refractivity contribution in [2.24, 2.45) is 5.10 Å². The Labute approximate surface area is 206 Å². The molecule has 2 aromatic heterocycles. The summed E-state index contributed by atoms with van der Waals surface area (Å²) in [6.45, 7) is 5.14. The molecule has 1 aliphatic rings. The highest BCUT2D eigenvalue weighted by molar-refractivity contribution is 7.17. The number of anilines is 1. The highest BCUT2D eigenvalue weighted by Gasteiger charge is 2.34. The summed E-state index contributed by atoms with van der Waals surface area (Å²) in [5, 5.41) is 5.11. The van der Waals surface area contributed by atoms with Crippen LogP contribution in [0.3, 0.4) is 0 Å².